The minimum atomic E-state index is -0.474. The van der Waals surface area contributed by atoms with Crippen LogP contribution < -0.4 is 4.74 Å². The van der Waals surface area contributed by atoms with Gasteiger partial charge in [-0.15, -0.1) is 0 Å². The number of nitrogens with zero attached hydrogens (tertiary/aromatic N) is 1. The average Bonchev–Trinajstić information content (AvgIpc) is 3.56. The molecule has 0 amide bonds. The molecule has 43 heavy (non-hydrogen) atoms. The zero-order chi connectivity index (χ0) is 28.1. The van der Waals surface area contributed by atoms with Crippen molar-refractivity contribution in [3.63, 3.8) is 0 Å². The van der Waals surface area contributed by atoms with Crippen LogP contribution in [0.15, 0.2) is 152 Å². The lowest BCUT2D eigenvalue weighted by Crippen LogP contribution is -2.32. The first-order valence-corrected chi connectivity index (χ1v) is 14.9. The van der Waals surface area contributed by atoms with Gasteiger partial charge in [-0.3, -0.25) is 0 Å². The van der Waals surface area contributed by atoms with Crippen molar-refractivity contribution in [3.8, 4) is 28.3 Å². The van der Waals surface area contributed by atoms with Crippen LogP contribution in [0.3, 0.4) is 0 Å². The summed E-state index contributed by atoms with van der Waals surface area (Å²) in [6.45, 7) is 0. The summed E-state index contributed by atoms with van der Waals surface area (Å²) in [6.07, 6.45) is 0. The number of hydrogen-bond acceptors (Lipinski definition) is 1. The lowest BCUT2D eigenvalue weighted by molar-refractivity contribution is 0.442. The Labute approximate surface area is 249 Å². The summed E-state index contributed by atoms with van der Waals surface area (Å²) in [5.74, 6) is 1.86. The van der Waals surface area contributed by atoms with Crippen molar-refractivity contribution < 1.29 is 4.74 Å². The molecule has 1 aromatic heterocycles. The van der Waals surface area contributed by atoms with E-state index in [2.05, 4.69) is 156 Å². The topological polar surface area (TPSA) is 14.2 Å². The summed E-state index contributed by atoms with van der Waals surface area (Å²) >= 11 is 0. The number of aromatic nitrogens is 1. The van der Waals surface area contributed by atoms with E-state index in [-0.39, 0.29) is 0 Å². The van der Waals surface area contributed by atoms with Gasteiger partial charge in [-0.25, -0.2) is 0 Å². The van der Waals surface area contributed by atoms with Crippen LogP contribution in [0.1, 0.15) is 22.3 Å². The molecule has 7 aromatic carbocycles. The highest BCUT2D eigenvalue weighted by Crippen LogP contribution is 2.63. The number of hydrogen-bond donors (Lipinski definition) is 0. The molecule has 0 unspecified atom stereocenters. The highest BCUT2D eigenvalue weighted by atomic mass is 16.5. The largest absolute Gasteiger partial charge is 0.456 e. The van der Waals surface area contributed by atoms with Gasteiger partial charge < -0.3 is 9.30 Å². The highest BCUT2D eigenvalue weighted by Gasteiger charge is 2.51. The molecule has 0 fully saturated rings. The van der Waals surface area contributed by atoms with Crippen LogP contribution in [0.4, 0.5) is 0 Å². The number of para-hydroxylation sites is 2. The first kappa shape index (κ1) is 23.0. The molecular formula is C41H25NO. The zero-order valence-electron chi connectivity index (χ0n) is 23.3. The maximum atomic E-state index is 7.02. The van der Waals surface area contributed by atoms with Crippen molar-refractivity contribution in [2.75, 3.05) is 0 Å². The van der Waals surface area contributed by atoms with Crippen molar-refractivity contribution in [3.05, 3.63) is 174 Å². The molecule has 0 saturated carbocycles. The molecule has 200 valence electrons. The molecule has 1 aliphatic carbocycles. The molecule has 1 aliphatic heterocycles. The van der Waals surface area contributed by atoms with E-state index in [1.807, 2.05) is 0 Å². The molecular weight excluding hydrogens is 522 g/mol. The molecule has 10 rings (SSSR count). The molecule has 0 N–H and O–H groups in total. The van der Waals surface area contributed by atoms with Gasteiger partial charge in [0.2, 0.25) is 0 Å². The van der Waals surface area contributed by atoms with Gasteiger partial charge in [0.25, 0.3) is 0 Å². The van der Waals surface area contributed by atoms with Crippen LogP contribution in [0, 0.1) is 0 Å². The maximum Gasteiger partial charge on any atom is 0.142 e. The fraction of sp³-hybridized carbons (Fsp3) is 0.0244. The van der Waals surface area contributed by atoms with Crippen LogP contribution in [0.25, 0.3) is 49.4 Å². The smallest absolute Gasteiger partial charge is 0.142 e. The molecule has 2 heterocycles. The summed E-state index contributed by atoms with van der Waals surface area (Å²) in [5.41, 5.74) is 10.6. The van der Waals surface area contributed by atoms with Gasteiger partial charge in [-0.2, -0.15) is 0 Å². The SMILES string of the molecule is c1ccc2c(c1)Oc1c(ccc3c1c1ccccc1n3-c1ccc3ccccc3c1)C21c2ccccc2-c2ccccc21. The van der Waals surface area contributed by atoms with E-state index in [9.17, 15) is 0 Å². The molecule has 0 atom stereocenters. The van der Waals surface area contributed by atoms with Crippen molar-refractivity contribution >= 4 is 32.6 Å². The van der Waals surface area contributed by atoms with Gasteiger partial charge in [-0.1, -0.05) is 121 Å². The predicted molar refractivity (Wildman–Crippen MR) is 176 cm³/mol. The van der Waals surface area contributed by atoms with E-state index in [4.69, 9.17) is 4.74 Å². The van der Waals surface area contributed by atoms with Crippen LogP contribution in [0.2, 0.25) is 0 Å². The molecule has 2 nitrogen and oxygen atoms in total. The average molecular weight is 548 g/mol. The third kappa shape index (κ3) is 2.83. The van der Waals surface area contributed by atoms with Gasteiger partial charge in [0.1, 0.15) is 11.5 Å². The summed E-state index contributed by atoms with van der Waals surface area (Å²) in [7, 11) is 0. The van der Waals surface area contributed by atoms with Crippen molar-refractivity contribution in [2.24, 2.45) is 0 Å². The Hall–Kier alpha value is -5.60. The maximum absolute atomic E-state index is 7.02. The van der Waals surface area contributed by atoms with E-state index in [0.29, 0.717) is 0 Å². The first-order chi connectivity index (χ1) is 21.3. The van der Waals surface area contributed by atoms with Crippen molar-refractivity contribution in [1.29, 1.82) is 0 Å². The molecule has 8 aromatic rings. The summed E-state index contributed by atoms with van der Waals surface area (Å²) in [6, 6.07) is 55.1. The fourth-order valence-electron chi connectivity index (χ4n) is 7.96. The van der Waals surface area contributed by atoms with Crippen LogP contribution in [-0.4, -0.2) is 4.57 Å². The Balaban J connectivity index is 1.36. The molecule has 1 spiro atoms. The van der Waals surface area contributed by atoms with Gasteiger partial charge in [0.05, 0.1) is 21.8 Å². The van der Waals surface area contributed by atoms with Crippen LogP contribution >= 0.6 is 0 Å². The normalized spacial score (nSPS) is 14.0. The Bertz CT molecular complexity index is 2400. The third-order valence-electron chi connectivity index (χ3n) is 9.64. The van der Waals surface area contributed by atoms with E-state index in [1.165, 1.54) is 55.1 Å². The van der Waals surface area contributed by atoms with E-state index in [1.54, 1.807) is 0 Å². The molecule has 2 heteroatoms. The second-order valence-electron chi connectivity index (χ2n) is 11.7. The molecule has 0 saturated heterocycles. The number of rotatable bonds is 1. The highest BCUT2D eigenvalue weighted by molar-refractivity contribution is 6.14. The summed E-state index contributed by atoms with van der Waals surface area (Å²) in [5, 5.41) is 4.81. The minimum absolute atomic E-state index is 0.474. The fourth-order valence-corrected chi connectivity index (χ4v) is 7.96. The Morgan fingerprint density at radius 2 is 1.12 bits per heavy atom. The summed E-state index contributed by atoms with van der Waals surface area (Å²) in [4.78, 5) is 0. The summed E-state index contributed by atoms with van der Waals surface area (Å²) < 4.78 is 9.42. The lowest BCUT2D eigenvalue weighted by Gasteiger charge is -2.39. The van der Waals surface area contributed by atoms with E-state index < -0.39 is 5.41 Å². The third-order valence-corrected chi connectivity index (χ3v) is 9.64. The lowest BCUT2D eigenvalue weighted by atomic mass is 9.66. The second kappa shape index (κ2) is 8.24. The van der Waals surface area contributed by atoms with E-state index >= 15 is 0 Å². The van der Waals surface area contributed by atoms with Gasteiger partial charge in [0.15, 0.2) is 0 Å². The van der Waals surface area contributed by atoms with Gasteiger partial charge in [0, 0.05) is 22.2 Å². The Morgan fingerprint density at radius 3 is 1.93 bits per heavy atom. The first-order valence-electron chi connectivity index (χ1n) is 14.9. The van der Waals surface area contributed by atoms with E-state index in [0.717, 1.165) is 28.1 Å². The quantitative estimate of drug-likeness (QED) is 0.199. The van der Waals surface area contributed by atoms with Gasteiger partial charge in [-0.05, 0) is 63.4 Å². The molecule has 0 radical (unpaired) electrons. The zero-order valence-corrected chi connectivity index (χ0v) is 23.3. The second-order valence-corrected chi connectivity index (χ2v) is 11.7. The van der Waals surface area contributed by atoms with Crippen molar-refractivity contribution in [2.45, 2.75) is 5.41 Å². The Morgan fingerprint density at radius 1 is 0.465 bits per heavy atom. The van der Waals surface area contributed by atoms with Gasteiger partial charge >= 0.3 is 0 Å². The predicted octanol–water partition coefficient (Wildman–Crippen LogP) is 10.4. The van der Waals surface area contributed by atoms with Crippen LogP contribution in [-0.2, 0) is 5.41 Å². The number of benzene rings is 7. The van der Waals surface area contributed by atoms with Crippen molar-refractivity contribution in [1.82, 2.24) is 4.57 Å². The number of fused-ring (bicyclic) bond motifs is 14. The molecule has 2 aliphatic rings. The molecule has 0 bridgehead atoms. The Kier molecular flexibility index (Phi) is 4.41. The standard InChI is InChI=1S/C41H25NO/c1-2-12-27-25-28(22-21-26(27)11-1)42-36-19-9-5-15-31(36)39-37(42)24-23-35-40(39)43-38-20-10-8-18-34(38)41(35)32-16-6-3-13-29(32)30-14-4-7-17-33(30)41/h1-25H. The monoisotopic (exact) mass is 547 g/mol. The van der Waals surface area contributed by atoms with Crippen LogP contribution in [0.5, 0.6) is 11.5 Å². The number of ether oxygens (including phenoxy) is 1. The minimum Gasteiger partial charge on any atom is -0.456 e.